The van der Waals surface area contributed by atoms with Gasteiger partial charge in [0.05, 0.1) is 28.4 Å². The fourth-order valence-corrected chi connectivity index (χ4v) is 2.16. The van der Waals surface area contributed by atoms with Gasteiger partial charge in [-0.05, 0) is 36.8 Å². The summed E-state index contributed by atoms with van der Waals surface area (Å²) >= 11 is 6.00. The predicted molar refractivity (Wildman–Crippen MR) is 88.6 cm³/mol. The molecule has 6 heteroatoms. The minimum Gasteiger partial charge on any atom is -0.491 e. The lowest BCUT2D eigenvalue weighted by molar-refractivity contribution is 0.0696. The molecule has 23 heavy (non-hydrogen) atoms. The van der Waals surface area contributed by atoms with Crippen LogP contribution in [0.15, 0.2) is 42.5 Å². The molecule has 0 aromatic heterocycles. The number of halogens is 1. The molecule has 0 radical (unpaired) electrons. The highest BCUT2D eigenvalue weighted by molar-refractivity contribution is 6.34. The van der Waals surface area contributed by atoms with E-state index in [0.29, 0.717) is 28.6 Å². The number of carboxylic acid groups (broad SMARTS) is 1. The van der Waals surface area contributed by atoms with Crippen LogP contribution in [0.2, 0.25) is 5.02 Å². The van der Waals surface area contributed by atoms with Gasteiger partial charge in [0.15, 0.2) is 0 Å². The van der Waals surface area contributed by atoms with Crippen molar-refractivity contribution in [3.05, 3.63) is 58.6 Å². The Kier molecular flexibility index (Phi) is 5.60. The molecular formula is C17H16ClNO4. The molecule has 5 nitrogen and oxygen atoms in total. The molecule has 0 bridgehead atoms. The summed E-state index contributed by atoms with van der Waals surface area (Å²) in [5.41, 5.74) is 0.655. The number of carbonyl (C=O) groups is 2. The number of nitrogens with one attached hydrogen (secondary N) is 1. The Labute approximate surface area is 138 Å². The maximum absolute atomic E-state index is 12.3. The van der Waals surface area contributed by atoms with Gasteiger partial charge in [-0.15, -0.1) is 0 Å². The first kappa shape index (κ1) is 16.8. The summed E-state index contributed by atoms with van der Waals surface area (Å²) < 4.78 is 5.55. The summed E-state index contributed by atoms with van der Waals surface area (Å²) in [5, 5.41) is 12.1. The maximum Gasteiger partial charge on any atom is 0.335 e. The van der Waals surface area contributed by atoms with E-state index in [2.05, 4.69) is 5.32 Å². The standard InChI is InChI=1S/C17H16ClNO4/c1-2-9-23-15-8-7-11(17(21)22)10-14(15)19-16(20)12-5-3-4-6-13(12)18/h3-8,10H,2,9H2,1H3,(H,19,20)(H,21,22). The summed E-state index contributed by atoms with van der Waals surface area (Å²) in [7, 11) is 0. The number of rotatable bonds is 6. The molecule has 2 rings (SSSR count). The summed E-state index contributed by atoms with van der Waals surface area (Å²) in [6.45, 7) is 2.41. The van der Waals surface area contributed by atoms with Gasteiger partial charge in [-0.25, -0.2) is 4.79 Å². The number of hydrogen-bond acceptors (Lipinski definition) is 3. The Morgan fingerprint density at radius 2 is 1.96 bits per heavy atom. The Hall–Kier alpha value is -2.53. The van der Waals surface area contributed by atoms with Crippen molar-refractivity contribution in [2.24, 2.45) is 0 Å². The first-order valence-corrected chi connectivity index (χ1v) is 7.46. The number of hydrogen-bond donors (Lipinski definition) is 2. The Morgan fingerprint density at radius 3 is 2.61 bits per heavy atom. The van der Waals surface area contributed by atoms with Crippen LogP contribution in [0.5, 0.6) is 5.75 Å². The van der Waals surface area contributed by atoms with Crippen LogP contribution in [0.3, 0.4) is 0 Å². The molecular weight excluding hydrogens is 318 g/mol. The van der Waals surface area contributed by atoms with E-state index < -0.39 is 11.9 Å². The van der Waals surface area contributed by atoms with E-state index in [0.717, 1.165) is 6.42 Å². The van der Waals surface area contributed by atoms with E-state index in [1.807, 2.05) is 6.92 Å². The molecule has 0 heterocycles. The number of amides is 1. The number of benzene rings is 2. The van der Waals surface area contributed by atoms with Gasteiger partial charge in [-0.3, -0.25) is 4.79 Å². The third kappa shape index (κ3) is 4.23. The number of ether oxygens (including phenoxy) is 1. The molecule has 0 saturated heterocycles. The second-order valence-electron chi connectivity index (χ2n) is 4.80. The van der Waals surface area contributed by atoms with E-state index in [-0.39, 0.29) is 5.56 Å². The maximum atomic E-state index is 12.3. The second-order valence-corrected chi connectivity index (χ2v) is 5.21. The van der Waals surface area contributed by atoms with Crippen molar-refractivity contribution in [2.75, 3.05) is 11.9 Å². The van der Waals surface area contributed by atoms with Crippen LogP contribution < -0.4 is 10.1 Å². The minimum absolute atomic E-state index is 0.0586. The molecule has 0 aliphatic carbocycles. The van der Waals surface area contributed by atoms with Gasteiger partial charge < -0.3 is 15.2 Å². The van der Waals surface area contributed by atoms with E-state index >= 15 is 0 Å². The van der Waals surface area contributed by atoms with Crippen molar-refractivity contribution in [3.8, 4) is 5.75 Å². The molecule has 0 unspecified atom stereocenters. The fraction of sp³-hybridized carbons (Fsp3) is 0.176. The number of carbonyl (C=O) groups excluding carboxylic acids is 1. The van der Waals surface area contributed by atoms with Crippen molar-refractivity contribution in [3.63, 3.8) is 0 Å². The summed E-state index contributed by atoms with van der Waals surface area (Å²) in [5.74, 6) is -1.10. The average molecular weight is 334 g/mol. The largest absolute Gasteiger partial charge is 0.491 e. The quantitative estimate of drug-likeness (QED) is 0.835. The van der Waals surface area contributed by atoms with Crippen LogP contribution in [0.1, 0.15) is 34.1 Å². The van der Waals surface area contributed by atoms with Crippen molar-refractivity contribution >= 4 is 29.2 Å². The van der Waals surface area contributed by atoms with Gasteiger partial charge in [0.2, 0.25) is 0 Å². The zero-order valence-corrected chi connectivity index (χ0v) is 13.3. The van der Waals surface area contributed by atoms with Crippen LogP contribution in [-0.4, -0.2) is 23.6 Å². The van der Waals surface area contributed by atoms with Crippen molar-refractivity contribution in [1.29, 1.82) is 0 Å². The summed E-state index contributed by atoms with van der Waals surface area (Å²) in [6, 6.07) is 10.9. The van der Waals surface area contributed by atoms with Gasteiger partial charge in [-0.2, -0.15) is 0 Å². The van der Waals surface area contributed by atoms with Crippen molar-refractivity contribution < 1.29 is 19.4 Å². The van der Waals surface area contributed by atoms with Crippen LogP contribution in [0.25, 0.3) is 0 Å². The van der Waals surface area contributed by atoms with Gasteiger partial charge >= 0.3 is 5.97 Å². The van der Waals surface area contributed by atoms with Gasteiger partial charge in [0, 0.05) is 0 Å². The van der Waals surface area contributed by atoms with E-state index in [9.17, 15) is 9.59 Å². The van der Waals surface area contributed by atoms with Crippen LogP contribution in [0.4, 0.5) is 5.69 Å². The van der Waals surface area contributed by atoms with E-state index in [1.165, 1.54) is 18.2 Å². The van der Waals surface area contributed by atoms with Gasteiger partial charge in [-0.1, -0.05) is 30.7 Å². The molecule has 0 aliphatic heterocycles. The number of anilines is 1. The van der Waals surface area contributed by atoms with Crippen LogP contribution >= 0.6 is 11.6 Å². The molecule has 0 saturated carbocycles. The highest BCUT2D eigenvalue weighted by atomic mass is 35.5. The predicted octanol–water partition coefficient (Wildman–Crippen LogP) is 4.08. The topological polar surface area (TPSA) is 75.6 Å². The average Bonchev–Trinajstić information content (AvgIpc) is 2.53. The molecule has 0 spiro atoms. The summed E-state index contributed by atoms with van der Waals surface area (Å²) in [6.07, 6.45) is 0.790. The molecule has 2 N–H and O–H groups in total. The third-order valence-electron chi connectivity index (χ3n) is 3.05. The zero-order valence-electron chi connectivity index (χ0n) is 12.5. The Balaban J connectivity index is 2.32. The van der Waals surface area contributed by atoms with Crippen molar-refractivity contribution in [1.82, 2.24) is 0 Å². The monoisotopic (exact) mass is 333 g/mol. The smallest absolute Gasteiger partial charge is 0.335 e. The van der Waals surface area contributed by atoms with Crippen LogP contribution in [0, 0.1) is 0 Å². The highest BCUT2D eigenvalue weighted by Gasteiger charge is 2.15. The SMILES string of the molecule is CCCOc1ccc(C(=O)O)cc1NC(=O)c1ccccc1Cl. The van der Waals surface area contributed by atoms with E-state index in [4.69, 9.17) is 21.4 Å². The molecule has 1 amide bonds. The lowest BCUT2D eigenvalue weighted by atomic mass is 10.1. The highest BCUT2D eigenvalue weighted by Crippen LogP contribution is 2.27. The fourth-order valence-electron chi connectivity index (χ4n) is 1.93. The van der Waals surface area contributed by atoms with Gasteiger partial charge in [0.1, 0.15) is 5.75 Å². The second kappa shape index (κ2) is 7.65. The minimum atomic E-state index is -1.08. The summed E-state index contributed by atoms with van der Waals surface area (Å²) in [4.78, 5) is 23.5. The third-order valence-corrected chi connectivity index (χ3v) is 3.38. The number of carboxylic acids is 1. The normalized spacial score (nSPS) is 10.2. The lowest BCUT2D eigenvalue weighted by Gasteiger charge is -2.13. The molecule has 120 valence electrons. The Bertz CT molecular complexity index is 730. The van der Waals surface area contributed by atoms with Crippen LogP contribution in [-0.2, 0) is 0 Å². The first-order chi connectivity index (χ1) is 11.0. The van der Waals surface area contributed by atoms with Crippen molar-refractivity contribution in [2.45, 2.75) is 13.3 Å². The first-order valence-electron chi connectivity index (χ1n) is 7.09. The molecule has 0 fully saturated rings. The molecule has 2 aromatic carbocycles. The van der Waals surface area contributed by atoms with Gasteiger partial charge in [0.25, 0.3) is 5.91 Å². The molecule has 0 aliphatic rings. The Morgan fingerprint density at radius 1 is 1.22 bits per heavy atom. The zero-order chi connectivity index (χ0) is 16.8. The lowest BCUT2D eigenvalue weighted by Crippen LogP contribution is -2.14. The molecule has 0 atom stereocenters. The molecule has 2 aromatic rings. The number of aromatic carboxylic acids is 1. The van der Waals surface area contributed by atoms with E-state index in [1.54, 1.807) is 24.3 Å².